The summed E-state index contributed by atoms with van der Waals surface area (Å²) in [7, 11) is 1.43. The molecule has 0 N–H and O–H groups in total. The van der Waals surface area contributed by atoms with Gasteiger partial charge in [0, 0.05) is 6.61 Å². The Bertz CT molecular complexity index is 199. The first-order chi connectivity index (χ1) is 7.77. The molecule has 0 amide bonds. The summed E-state index contributed by atoms with van der Waals surface area (Å²) in [6.45, 7) is 2.82. The Kier molecular flexibility index (Phi) is 6.46. The monoisotopic (exact) mass is 228 g/mol. The van der Waals surface area contributed by atoms with Gasteiger partial charge < -0.3 is 9.47 Å². The van der Waals surface area contributed by atoms with Crippen molar-refractivity contribution < 1.29 is 14.3 Å². The maximum Gasteiger partial charge on any atom is 0.334 e. The smallest absolute Gasteiger partial charge is 0.334 e. The number of unbranched alkanes of at least 4 members (excludes halogenated alkanes) is 1. The normalized spacial score (nSPS) is 17.9. The van der Waals surface area contributed by atoms with Crippen molar-refractivity contribution in [1.82, 2.24) is 0 Å². The third kappa shape index (κ3) is 4.52. The fourth-order valence-corrected chi connectivity index (χ4v) is 1.95. The highest BCUT2D eigenvalue weighted by Crippen LogP contribution is 2.29. The molecule has 3 nitrogen and oxygen atoms in total. The fourth-order valence-electron chi connectivity index (χ4n) is 1.95. The topological polar surface area (TPSA) is 35.5 Å². The van der Waals surface area contributed by atoms with Gasteiger partial charge in [0.2, 0.25) is 0 Å². The van der Waals surface area contributed by atoms with Crippen LogP contribution in [0.2, 0.25) is 0 Å². The van der Waals surface area contributed by atoms with Crippen molar-refractivity contribution in [2.75, 3.05) is 13.7 Å². The predicted molar refractivity (Wildman–Crippen MR) is 63.2 cm³/mol. The van der Waals surface area contributed by atoms with Gasteiger partial charge in [-0.05, 0) is 18.8 Å². The molecular weight excluding hydrogens is 204 g/mol. The molecule has 1 rings (SSSR count). The Labute approximate surface area is 98.5 Å². The first-order valence-electron chi connectivity index (χ1n) is 6.47. The average Bonchev–Trinajstić information content (AvgIpc) is 2.24. The number of carbonyl (C=O) groups excluding carboxylic acids is 1. The van der Waals surface area contributed by atoms with Crippen molar-refractivity contribution in [2.45, 2.75) is 58.0 Å². The standard InChI is InChI=1S/C13H24O3/c1-3-4-8-12(13(14)15-2)16-10-9-11-6-5-7-11/h11-12H,3-10H2,1-2H3. The average molecular weight is 228 g/mol. The van der Waals surface area contributed by atoms with E-state index in [-0.39, 0.29) is 12.1 Å². The van der Waals surface area contributed by atoms with E-state index < -0.39 is 0 Å². The number of hydrogen-bond donors (Lipinski definition) is 0. The van der Waals surface area contributed by atoms with Crippen LogP contribution in [0, 0.1) is 5.92 Å². The van der Waals surface area contributed by atoms with E-state index in [1.807, 2.05) is 0 Å². The molecule has 3 heteroatoms. The molecule has 94 valence electrons. The summed E-state index contributed by atoms with van der Waals surface area (Å²) in [5, 5.41) is 0. The first kappa shape index (κ1) is 13.5. The lowest BCUT2D eigenvalue weighted by molar-refractivity contribution is -0.155. The Morgan fingerprint density at radius 2 is 2.19 bits per heavy atom. The zero-order chi connectivity index (χ0) is 11.8. The number of rotatable bonds is 8. The first-order valence-corrected chi connectivity index (χ1v) is 6.47. The molecule has 1 unspecified atom stereocenters. The van der Waals surface area contributed by atoms with Crippen LogP contribution in [0.4, 0.5) is 0 Å². The number of methoxy groups -OCH3 is 1. The molecule has 0 spiro atoms. The lowest BCUT2D eigenvalue weighted by Crippen LogP contribution is -2.27. The van der Waals surface area contributed by atoms with Crippen LogP contribution < -0.4 is 0 Å². The van der Waals surface area contributed by atoms with Crippen LogP contribution in [0.3, 0.4) is 0 Å². The van der Waals surface area contributed by atoms with E-state index in [0.717, 1.165) is 31.6 Å². The van der Waals surface area contributed by atoms with Gasteiger partial charge in [-0.15, -0.1) is 0 Å². The van der Waals surface area contributed by atoms with Gasteiger partial charge in [0.05, 0.1) is 7.11 Å². The van der Waals surface area contributed by atoms with Crippen molar-refractivity contribution in [3.63, 3.8) is 0 Å². The maximum absolute atomic E-state index is 11.4. The van der Waals surface area contributed by atoms with Gasteiger partial charge in [0.1, 0.15) is 0 Å². The Balaban J connectivity index is 2.16. The lowest BCUT2D eigenvalue weighted by atomic mass is 9.83. The van der Waals surface area contributed by atoms with Gasteiger partial charge in [-0.25, -0.2) is 4.79 Å². The summed E-state index contributed by atoms with van der Waals surface area (Å²) in [5.74, 6) is 0.617. The van der Waals surface area contributed by atoms with E-state index in [4.69, 9.17) is 9.47 Å². The molecule has 1 aliphatic rings. The van der Waals surface area contributed by atoms with Gasteiger partial charge >= 0.3 is 5.97 Å². The van der Waals surface area contributed by atoms with E-state index in [0.29, 0.717) is 6.61 Å². The zero-order valence-corrected chi connectivity index (χ0v) is 10.5. The highest BCUT2D eigenvalue weighted by molar-refractivity contribution is 5.74. The molecule has 0 aromatic rings. The zero-order valence-electron chi connectivity index (χ0n) is 10.5. The van der Waals surface area contributed by atoms with Crippen molar-refractivity contribution in [3.05, 3.63) is 0 Å². The van der Waals surface area contributed by atoms with Gasteiger partial charge in [-0.2, -0.15) is 0 Å². The molecular formula is C13H24O3. The lowest BCUT2D eigenvalue weighted by Gasteiger charge is -2.25. The maximum atomic E-state index is 11.4. The van der Waals surface area contributed by atoms with Crippen LogP contribution in [-0.2, 0) is 14.3 Å². The molecule has 0 aliphatic heterocycles. The highest BCUT2D eigenvalue weighted by Gasteiger charge is 2.21. The second-order valence-electron chi connectivity index (χ2n) is 4.61. The van der Waals surface area contributed by atoms with Crippen LogP contribution >= 0.6 is 0 Å². The van der Waals surface area contributed by atoms with E-state index in [9.17, 15) is 4.79 Å². The Hall–Kier alpha value is -0.570. The number of ether oxygens (including phenoxy) is 2. The van der Waals surface area contributed by atoms with Gasteiger partial charge in [-0.3, -0.25) is 0 Å². The van der Waals surface area contributed by atoms with E-state index in [2.05, 4.69) is 6.92 Å². The molecule has 16 heavy (non-hydrogen) atoms. The SMILES string of the molecule is CCCCC(OCCC1CCC1)C(=O)OC. The van der Waals surface area contributed by atoms with Crippen LogP contribution in [0.15, 0.2) is 0 Å². The molecule has 0 heterocycles. The van der Waals surface area contributed by atoms with Gasteiger partial charge in [0.15, 0.2) is 6.10 Å². The summed E-state index contributed by atoms with van der Waals surface area (Å²) in [5.41, 5.74) is 0. The number of esters is 1. The van der Waals surface area contributed by atoms with E-state index >= 15 is 0 Å². The summed E-state index contributed by atoms with van der Waals surface area (Å²) in [4.78, 5) is 11.4. The quantitative estimate of drug-likeness (QED) is 0.599. The summed E-state index contributed by atoms with van der Waals surface area (Å²) < 4.78 is 10.4. The summed E-state index contributed by atoms with van der Waals surface area (Å²) in [6.07, 6.45) is 7.67. The van der Waals surface area contributed by atoms with Crippen LogP contribution in [0.25, 0.3) is 0 Å². The van der Waals surface area contributed by atoms with Crippen molar-refractivity contribution in [1.29, 1.82) is 0 Å². The highest BCUT2D eigenvalue weighted by atomic mass is 16.6. The largest absolute Gasteiger partial charge is 0.467 e. The molecule has 0 saturated heterocycles. The Morgan fingerprint density at radius 3 is 2.69 bits per heavy atom. The molecule has 0 bridgehead atoms. The fraction of sp³-hybridized carbons (Fsp3) is 0.923. The van der Waals surface area contributed by atoms with Crippen LogP contribution in [0.1, 0.15) is 51.9 Å². The molecule has 1 fully saturated rings. The van der Waals surface area contributed by atoms with Gasteiger partial charge in [-0.1, -0.05) is 39.0 Å². The molecule has 0 aromatic carbocycles. The second-order valence-corrected chi connectivity index (χ2v) is 4.61. The molecule has 1 saturated carbocycles. The number of hydrogen-bond acceptors (Lipinski definition) is 3. The summed E-state index contributed by atoms with van der Waals surface area (Å²) >= 11 is 0. The summed E-state index contributed by atoms with van der Waals surface area (Å²) in [6, 6.07) is 0. The Morgan fingerprint density at radius 1 is 1.44 bits per heavy atom. The predicted octanol–water partition coefficient (Wildman–Crippen LogP) is 2.93. The number of carbonyl (C=O) groups is 1. The minimum atomic E-state index is -0.343. The van der Waals surface area contributed by atoms with Crippen molar-refractivity contribution in [2.24, 2.45) is 5.92 Å². The van der Waals surface area contributed by atoms with Crippen LogP contribution in [0.5, 0.6) is 0 Å². The third-order valence-electron chi connectivity index (χ3n) is 3.35. The second kappa shape index (κ2) is 7.66. The molecule has 0 aromatic heterocycles. The van der Waals surface area contributed by atoms with Crippen molar-refractivity contribution in [3.8, 4) is 0 Å². The van der Waals surface area contributed by atoms with Crippen LogP contribution in [-0.4, -0.2) is 25.8 Å². The van der Waals surface area contributed by atoms with Gasteiger partial charge in [0.25, 0.3) is 0 Å². The molecule has 0 radical (unpaired) electrons. The minimum Gasteiger partial charge on any atom is -0.467 e. The van der Waals surface area contributed by atoms with E-state index in [1.165, 1.54) is 26.4 Å². The third-order valence-corrected chi connectivity index (χ3v) is 3.35. The molecule has 1 aliphatic carbocycles. The molecule has 1 atom stereocenters. The van der Waals surface area contributed by atoms with E-state index in [1.54, 1.807) is 0 Å². The minimum absolute atomic E-state index is 0.220. The van der Waals surface area contributed by atoms with Crippen molar-refractivity contribution >= 4 is 5.97 Å².